The maximum absolute atomic E-state index is 11.6. The molecule has 3 aromatic rings. The number of aromatic carboxylic acids is 1. The Bertz CT molecular complexity index is 894. The molecule has 25 heavy (non-hydrogen) atoms. The van der Waals surface area contributed by atoms with Gasteiger partial charge in [0.1, 0.15) is 0 Å². The quantitative estimate of drug-likeness (QED) is 0.651. The first-order chi connectivity index (χ1) is 12.2. The fraction of sp³-hybridized carbons (Fsp3) is 0.0952. The van der Waals surface area contributed by atoms with Crippen molar-refractivity contribution in [2.24, 2.45) is 0 Å². The van der Waals surface area contributed by atoms with Crippen LogP contribution in [0.5, 0.6) is 0 Å². The molecule has 4 rings (SSSR count). The minimum Gasteiger partial charge on any atom is -0.478 e. The van der Waals surface area contributed by atoms with Gasteiger partial charge in [-0.2, -0.15) is 0 Å². The van der Waals surface area contributed by atoms with Crippen LogP contribution in [0.15, 0.2) is 78.9 Å². The highest BCUT2D eigenvalue weighted by atomic mass is 16.4. The topological polar surface area (TPSA) is 61.4 Å². The Morgan fingerprint density at radius 3 is 1.84 bits per heavy atom. The van der Waals surface area contributed by atoms with Crippen molar-refractivity contribution in [3.8, 4) is 0 Å². The van der Waals surface area contributed by atoms with Crippen molar-refractivity contribution in [2.75, 3.05) is 10.6 Å². The molecular weight excluding hydrogens is 312 g/mol. The van der Waals surface area contributed by atoms with Gasteiger partial charge >= 0.3 is 5.97 Å². The number of carbonyl (C=O) groups is 1. The van der Waals surface area contributed by atoms with E-state index in [1.807, 2.05) is 42.5 Å². The minimum atomic E-state index is -0.934. The number of carboxylic acid groups (broad SMARTS) is 1. The van der Waals surface area contributed by atoms with Crippen LogP contribution in [-0.4, -0.2) is 11.1 Å². The zero-order valence-electron chi connectivity index (χ0n) is 13.5. The van der Waals surface area contributed by atoms with Crippen molar-refractivity contribution in [3.05, 3.63) is 95.6 Å². The van der Waals surface area contributed by atoms with Crippen LogP contribution >= 0.6 is 0 Å². The van der Waals surface area contributed by atoms with Gasteiger partial charge in [-0.25, -0.2) is 4.79 Å². The lowest BCUT2D eigenvalue weighted by molar-refractivity contribution is 0.0698. The van der Waals surface area contributed by atoms with Gasteiger partial charge in [-0.15, -0.1) is 0 Å². The molecule has 0 spiro atoms. The standard InChI is InChI=1S/C21H18N2O2/c24-21(25)16-12-7-13-17-20(16)23-19(15-10-5-2-6-11-15)18(22-17)14-8-3-1-4-9-14/h1-13,18-19,22-23H,(H,24,25)/t18-,19-/m1/s1. The highest BCUT2D eigenvalue weighted by molar-refractivity contribution is 5.98. The molecule has 4 heteroatoms. The van der Waals surface area contributed by atoms with Crippen molar-refractivity contribution in [2.45, 2.75) is 12.1 Å². The Morgan fingerprint density at radius 2 is 1.28 bits per heavy atom. The summed E-state index contributed by atoms with van der Waals surface area (Å²) in [6.07, 6.45) is 0. The highest BCUT2D eigenvalue weighted by Gasteiger charge is 2.32. The molecule has 3 aromatic carbocycles. The van der Waals surface area contributed by atoms with E-state index in [0.717, 1.165) is 16.8 Å². The summed E-state index contributed by atoms with van der Waals surface area (Å²) in [6.45, 7) is 0. The summed E-state index contributed by atoms with van der Waals surface area (Å²) in [5.41, 5.74) is 3.97. The zero-order chi connectivity index (χ0) is 17.2. The van der Waals surface area contributed by atoms with Gasteiger partial charge in [-0.05, 0) is 23.3 Å². The number of carboxylic acids is 1. The SMILES string of the molecule is O=C(O)c1cccc2c1N[C@H](c1ccccc1)[C@@H](c1ccccc1)N2. The Kier molecular flexibility index (Phi) is 3.86. The molecular formula is C21H18N2O2. The van der Waals surface area contributed by atoms with E-state index in [1.165, 1.54) is 0 Å². The zero-order valence-corrected chi connectivity index (χ0v) is 13.5. The minimum absolute atomic E-state index is 0.000134. The van der Waals surface area contributed by atoms with Gasteiger partial charge in [0.15, 0.2) is 0 Å². The lowest BCUT2D eigenvalue weighted by atomic mass is 9.90. The van der Waals surface area contributed by atoms with Gasteiger partial charge in [-0.3, -0.25) is 0 Å². The van der Waals surface area contributed by atoms with Gasteiger partial charge in [0.2, 0.25) is 0 Å². The van der Waals surface area contributed by atoms with Crippen molar-refractivity contribution in [3.63, 3.8) is 0 Å². The molecule has 4 nitrogen and oxygen atoms in total. The Balaban J connectivity index is 1.84. The summed E-state index contributed by atoms with van der Waals surface area (Å²) in [4.78, 5) is 11.6. The average Bonchev–Trinajstić information content (AvgIpc) is 2.67. The number of benzene rings is 3. The van der Waals surface area contributed by atoms with Gasteiger partial charge < -0.3 is 15.7 Å². The van der Waals surface area contributed by atoms with Crippen LogP contribution < -0.4 is 10.6 Å². The number of para-hydroxylation sites is 1. The van der Waals surface area contributed by atoms with Crippen molar-refractivity contribution in [1.29, 1.82) is 0 Å². The van der Waals surface area contributed by atoms with Crippen LogP contribution in [-0.2, 0) is 0 Å². The second-order valence-corrected chi connectivity index (χ2v) is 6.10. The number of anilines is 2. The maximum Gasteiger partial charge on any atom is 0.337 e. The predicted molar refractivity (Wildman–Crippen MR) is 99.0 cm³/mol. The molecule has 0 saturated heterocycles. The molecule has 3 N–H and O–H groups in total. The lowest BCUT2D eigenvalue weighted by Crippen LogP contribution is -2.31. The molecule has 0 aromatic heterocycles. The third-order valence-corrected chi connectivity index (χ3v) is 4.56. The molecule has 1 heterocycles. The van der Waals surface area contributed by atoms with E-state index in [1.54, 1.807) is 12.1 Å². The summed E-state index contributed by atoms with van der Waals surface area (Å²) >= 11 is 0. The molecule has 0 amide bonds. The van der Waals surface area contributed by atoms with Gasteiger partial charge in [0, 0.05) is 0 Å². The number of nitrogens with one attached hydrogen (secondary N) is 2. The predicted octanol–water partition coefficient (Wildman–Crippen LogP) is 4.70. The van der Waals surface area contributed by atoms with Crippen LogP contribution in [0.25, 0.3) is 0 Å². The van der Waals surface area contributed by atoms with Crippen molar-refractivity contribution >= 4 is 17.3 Å². The Labute approximate surface area is 146 Å². The van der Waals surface area contributed by atoms with Crippen LogP contribution in [0, 0.1) is 0 Å². The molecule has 0 bridgehead atoms. The van der Waals surface area contributed by atoms with Crippen molar-refractivity contribution in [1.82, 2.24) is 0 Å². The van der Waals surface area contributed by atoms with Crippen LogP contribution in [0.1, 0.15) is 33.6 Å². The molecule has 0 fully saturated rings. The summed E-state index contributed by atoms with van der Waals surface area (Å²) in [6, 6.07) is 25.5. The monoisotopic (exact) mass is 330 g/mol. The molecule has 0 radical (unpaired) electrons. The van der Waals surface area contributed by atoms with Gasteiger partial charge in [0.05, 0.1) is 29.0 Å². The summed E-state index contributed by atoms with van der Waals surface area (Å²) < 4.78 is 0. The second kappa shape index (κ2) is 6.32. The molecule has 1 aliphatic heterocycles. The molecule has 1 aliphatic rings. The highest BCUT2D eigenvalue weighted by Crippen LogP contribution is 2.43. The first-order valence-electron chi connectivity index (χ1n) is 8.23. The summed E-state index contributed by atoms with van der Waals surface area (Å²) in [7, 11) is 0. The second-order valence-electron chi connectivity index (χ2n) is 6.10. The Morgan fingerprint density at radius 1 is 0.720 bits per heavy atom. The van der Waals surface area contributed by atoms with E-state index in [2.05, 4.69) is 34.9 Å². The first-order valence-corrected chi connectivity index (χ1v) is 8.23. The van der Waals surface area contributed by atoms with E-state index >= 15 is 0 Å². The van der Waals surface area contributed by atoms with E-state index < -0.39 is 5.97 Å². The third kappa shape index (κ3) is 2.83. The number of fused-ring (bicyclic) bond motifs is 1. The smallest absolute Gasteiger partial charge is 0.337 e. The first kappa shape index (κ1) is 15.3. The molecule has 2 atom stereocenters. The molecule has 0 saturated carbocycles. The van der Waals surface area contributed by atoms with Gasteiger partial charge in [0.25, 0.3) is 0 Å². The van der Waals surface area contributed by atoms with Crippen LogP contribution in [0.4, 0.5) is 11.4 Å². The van der Waals surface area contributed by atoms with E-state index in [0.29, 0.717) is 5.69 Å². The number of hydrogen-bond donors (Lipinski definition) is 3. The number of rotatable bonds is 3. The van der Waals surface area contributed by atoms with E-state index in [-0.39, 0.29) is 17.6 Å². The van der Waals surface area contributed by atoms with E-state index in [9.17, 15) is 9.90 Å². The molecule has 0 unspecified atom stereocenters. The lowest BCUT2D eigenvalue weighted by Gasteiger charge is -2.37. The molecule has 124 valence electrons. The maximum atomic E-state index is 11.6. The van der Waals surface area contributed by atoms with Gasteiger partial charge in [-0.1, -0.05) is 66.7 Å². The summed E-state index contributed by atoms with van der Waals surface area (Å²) in [5, 5.41) is 16.5. The van der Waals surface area contributed by atoms with Crippen LogP contribution in [0.2, 0.25) is 0 Å². The largest absolute Gasteiger partial charge is 0.478 e. The molecule has 0 aliphatic carbocycles. The van der Waals surface area contributed by atoms with Crippen LogP contribution in [0.3, 0.4) is 0 Å². The summed E-state index contributed by atoms with van der Waals surface area (Å²) in [5.74, 6) is -0.934. The Hall–Kier alpha value is -3.27. The normalized spacial score (nSPS) is 18.6. The van der Waals surface area contributed by atoms with E-state index in [4.69, 9.17) is 0 Å². The third-order valence-electron chi connectivity index (χ3n) is 4.56. The fourth-order valence-electron chi connectivity index (χ4n) is 3.37. The fourth-order valence-corrected chi connectivity index (χ4v) is 3.37. The average molecular weight is 330 g/mol. The number of hydrogen-bond acceptors (Lipinski definition) is 3. The van der Waals surface area contributed by atoms with Crippen molar-refractivity contribution < 1.29 is 9.90 Å².